The molecule has 5 aromatic carbocycles. The van der Waals surface area contributed by atoms with E-state index < -0.39 is 0 Å². The number of allylic oxidation sites excluding steroid dienone is 5. The van der Waals surface area contributed by atoms with Gasteiger partial charge in [-0.2, -0.15) is 10.5 Å². The first-order valence-corrected chi connectivity index (χ1v) is 16.9. The van der Waals surface area contributed by atoms with Gasteiger partial charge in [0.15, 0.2) is 0 Å². The highest BCUT2D eigenvalue weighted by Gasteiger charge is 2.25. The van der Waals surface area contributed by atoms with E-state index in [-0.39, 0.29) is 0 Å². The van der Waals surface area contributed by atoms with Gasteiger partial charge in [-0.1, -0.05) is 85.8 Å². The van der Waals surface area contributed by atoms with Crippen molar-refractivity contribution in [1.82, 2.24) is 9.13 Å². The standard InChI is InChI=1S/C45H32N4/c1-29-17-22-44(49-42-15-6-3-11-36(42)37-12-4-7-16-43(37)49)40(23-29)35-21-19-32(25-33(35)28-47)31-9-8-10-34(26-31)48-41-14-5-2-13-38(41)39-20-18-30(27-46)24-45(39)48/h2-3,5-11,13-22,24-26,29H,4,12,23H2,1H3. The quantitative estimate of drug-likeness (QED) is 0.195. The van der Waals surface area contributed by atoms with E-state index >= 15 is 0 Å². The van der Waals surface area contributed by atoms with Crippen LogP contribution in [0.5, 0.6) is 0 Å². The van der Waals surface area contributed by atoms with Crippen molar-refractivity contribution >= 4 is 50.1 Å². The lowest BCUT2D eigenvalue weighted by Crippen LogP contribution is -2.09. The third-order valence-corrected chi connectivity index (χ3v) is 10.2. The molecular weight excluding hydrogens is 597 g/mol. The van der Waals surface area contributed by atoms with Gasteiger partial charge in [0.05, 0.1) is 39.8 Å². The molecule has 4 heteroatoms. The Balaban J connectivity index is 1.19. The van der Waals surface area contributed by atoms with Gasteiger partial charge in [0.2, 0.25) is 0 Å². The number of hydrogen-bond acceptors (Lipinski definition) is 2. The molecule has 4 nitrogen and oxygen atoms in total. The molecule has 2 aliphatic carbocycles. The second-order valence-corrected chi connectivity index (χ2v) is 13.2. The van der Waals surface area contributed by atoms with Gasteiger partial charge in [-0.3, -0.25) is 0 Å². The van der Waals surface area contributed by atoms with Crippen molar-refractivity contribution in [2.24, 2.45) is 5.92 Å². The number of benzene rings is 5. The summed E-state index contributed by atoms with van der Waals surface area (Å²) in [5.74, 6) is 0.364. The first-order chi connectivity index (χ1) is 24.1. The number of para-hydroxylation sites is 2. The molecule has 7 aromatic rings. The van der Waals surface area contributed by atoms with E-state index in [9.17, 15) is 10.5 Å². The van der Waals surface area contributed by atoms with Crippen molar-refractivity contribution in [1.29, 1.82) is 10.5 Å². The molecule has 2 aromatic heterocycles. The highest BCUT2D eigenvalue weighted by Crippen LogP contribution is 2.42. The van der Waals surface area contributed by atoms with Crippen molar-refractivity contribution in [3.05, 3.63) is 155 Å². The fourth-order valence-corrected chi connectivity index (χ4v) is 7.98. The third-order valence-electron chi connectivity index (χ3n) is 10.2. The normalized spacial score (nSPS) is 15.5. The number of hydrogen-bond donors (Lipinski definition) is 0. The van der Waals surface area contributed by atoms with E-state index in [0.29, 0.717) is 17.0 Å². The highest BCUT2D eigenvalue weighted by atomic mass is 15.0. The van der Waals surface area contributed by atoms with Gasteiger partial charge in [-0.15, -0.1) is 0 Å². The van der Waals surface area contributed by atoms with E-state index in [1.807, 2.05) is 24.3 Å². The first kappa shape index (κ1) is 28.8. The smallest absolute Gasteiger partial charge is 0.0998 e. The molecule has 0 bridgehead atoms. The number of aromatic nitrogens is 2. The van der Waals surface area contributed by atoms with E-state index in [2.05, 4.69) is 137 Å². The number of nitrogens with zero attached hydrogens (tertiary/aromatic N) is 4. The molecule has 232 valence electrons. The Bertz CT molecular complexity index is 2680. The summed E-state index contributed by atoms with van der Waals surface area (Å²) in [6, 6.07) is 42.7. The highest BCUT2D eigenvalue weighted by molar-refractivity contribution is 6.09. The summed E-state index contributed by atoms with van der Waals surface area (Å²) >= 11 is 0. The minimum atomic E-state index is 0.364. The van der Waals surface area contributed by atoms with Gasteiger partial charge >= 0.3 is 0 Å². The largest absolute Gasteiger partial charge is 0.309 e. The van der Waals surface area contributed by atoms with Crippen molar-refractivity contribution in [2.75, 3.05) is 0 Å². The molecule has 0 radical (unpaired) electrons. The second kappa shape index (κ2) is 11.4. The van der Waals surface area contributed by atoms with Crippen LogP contribution in [0.1, 0.15) is 47.7 Å². The summed E-state index contributed by atoms with van der Waals surface area (Å²) in [6.07, 6.45) is 12.1. The molecule has 0 fully saturated rings. The van der Waals surface area contributed by atoms with Crippen LogP contribution in [0.15, 0.2) is 127 Å². The molecule has 0 spiro atoms. The zero-order valence-corrected chi connectivity index (χ0v) is 27.2. The average molecular weight is 629 g/mol. The van der Waals surface area contributed by atoms with Crippen LogP contribution >= 0.6 is 0 Å². The van der Waals surface area contributed by atoms with Crippen LogP contribution in [0, 0.1) is 28.6 Å². The Morgan fingerprint density at radius 2 is 1.45 bits per heavy atom. The summed E-state index contributed by atoms with van der Waals surface area (Å²) in [7, 11) is 0. The predicted octanol–water partition coefficient (Wildman–Crippen LogP) is 11.1. The molecule has 0 amide bonds. The van der Waals surface area contributed by atoms with Crippen LogP contribution in [0.4, 0.5) is 0 Å². The average Bonchev–Trinajstić information content (AvgIpc) is 3.67. The monoisotopic (exact) mass is 628 g/mol. The van der Waals surface area contributed by atoms with Gasteiger partial charge in [0.25, 0.3) is 0 Å². The Hall–Kier alpha value is -6.36. The maximum absolute atomic E-state index is 10.6. The van der Waals surface area contributed by atoms with Gasteiger partial charge in [0.1, 0.15) is 0 Å². The second-order valence-electron chi connectivity index (χ2n) is 13.2. The molecule has 2 heterocycles. The zero-order chi connectivity index (χ0) is 33.1. The maximum atomic E-state index is 10.6. The van der Waals surface area contributed by atoms with Crippen LogP contribution in [0.3, 0.4) is 0 Å². The molecule has 1 atom stereocenters. The Kier molecular flexibility index (Phi) is 6.71. The van der Waals surface area contributed by atoms with Crippen molar-refractivity contribution < 1.29 is 0 Å². The minimum absolute atomic E-state index is 0.364. The van der Waals surface area contributed by atoms with Crippen molar-refractivity contribution in [3.63, 3.8) is 0 Å². The van der Waals surface area contributed by atoms with Crippen LogP contribution in [0.25, 0.3) is 66.9 Å². The lowest BCUT2D eigenvalue weighted by Gasteiger charge is -2.24. The zero-order valence-electron chi connectivity index (χ0n) is 27.2. The fraction of sp³-hybridized carbons (Fsp3) is 0.111. The summed E-state index contributed by atoms with van der Waals surface area (Å²) in [5, 5.41) is 23.9. The first-order valence-electron chi connectivity index (χ1n) is 16.9. The van der Waals surface area contributed by atoms with E-state index in [1.165, 1.54) is 27.7 Å². The molecule has 0 aliphatic heterocycles. The predicted molar refractivity (Wildman–Crippen MR) is 201 cm³/mol. The van der Waals surface area contributed by atoms with Crippen LogP contribution in [-0.2, 0) is 6.42 Å². The molecule has 0 N–H and O–H groups in total. The fourth-order valence-electron chi connectivity index (χ4n) is 7.98. The number of nitriles is 2. The molecule has 9 rings (SSSR count). The van der Waals surface area contributed by atoms with E-state index in [1.54, 1.807) is 0 Å². The van der Waals surface area contributed by atoms with Gasteiger partial charge in [-0.25, -0.2) is 0 Å². The topological polar surface area (TPSA) is 57.4 Å². The molecule has 0 saturated heterocycles. The summed E-state index contributed by atoms with van der Waals surface area (Å²) in [4.78, 5) is 0. The molecule has 0 saturated carbocycles. The number of aryl methyl sites for hydroxylation is 1. The van der Waals surface area contributed by atoms with Crippen LogP contribution in [-0.4, -0.2) is 9.13 Å². The maximum Gasteiger partial charge on any atom is 0.0998 e. The van der Waals surface area contributed by atoms with Crippen molar-refractivity contribution in [3.8, 4) is 29.0 Å². The van der Waals surface area contributed by atoms with Gasteiger partial charge in [0, 0.05) is 33.2 Å². The van der Waals surface area contributed by atoms with Crippen LogP contribution < -0.4 is 0 Å². The number of fused-ring (bicyclic) bond motifs is 6. The summed E-state index contributed by atoms with van der Waals surface area (Å²) in [6.45, 7) is 2.25. The molecular formula is C45H32N4. The third kappa shape index (κ3) is 4.57. The summed E-state index contributed by atoms with van der Waals surface area (Å²) < 4.78 is 4.65. The number of rotatable bonds is 4. The van der Waals surface area contributed by atoms with Crippen molar-refractivity contribution in [2.45, 2.75) is 26.2 Å². The van der Waals surface area contributed by atoms with Gasteiger partial charge < -0.3 is 9.13 Å². The summed E-state index contributed by atoms with van der Waals surface area (Å²) in [5.41, 5.74) is 13.6. The molecule has 49 heavy (non-hydrogen) atoms. The lowest BCUT2D eigenvalue weighted by atomic mass is 9.86. The van der Waals surface area contributed by atoms with E-state index in [4.69, 9.17) is 0 Å². The molecule has 1 unspecified atom stereocenters. The Morgan fingerprint density at radius 3 is 2.29 bits per heavy atom. The Morgan fingerprint density at radius 1 is 0.673 bits per heavy atom. The van der Waals surface area contributed by atoms with Crippen LogP contribution in [0.2, 0.25) is 0 Å². The van der Waals surface area contributed by atoms with E-state index in [0.717, 1.165) is 69.1 Å². The molecule has 2 aliphatic rings. The minimum Gasteiger partial charge on any atom is -0.309 e. The Labute approximate surface area is 285 Å². The SMILES string of the molecule is CC1C=CC(n2c3c(c4ccccc42)CCC=C3)=C(c2ccc(-c3cccc(-n4c5ccccc5c5ccc(C#N)cc54)c3)cc2C#N)C1. The van der Waals surface area contributed by atoms with Gasteiger partial charge in [-0.05, 0) is 108 Å². The lowest BCUT2D eigenvalue weighted by molar-refractivity contribution is 0.746.